The van der Waals surface area contributed by atoms with Gasteiger partial charge in [0.2, 0.25) is 0 Å². The molecule has 13 nitrogen and oxygen atoms in total. The summed E-state index contributed by atoms with van der Waals surface area (Å²) >= 11 is 0. The van der Waals surface area contributed by atoms with Crippen molar-refractivity contribution in [2.24, 2.45) is 0 Å². The molecule has 0 aromatic carbocycles. The summed E-state index contributed by atoms with van der Waals surface area (Å²) in [5.74, 6) is 0.154. The number of nitrogens with two attached hydrogens (primary N) is 1. The highest BCUT2D eigenvalue weighted by atomic mass is 31.2. The van der Waals surface area contributed by atoms with Gasteiger partial charge in [-0.2, -0.15) is 0 Å². The second-order valence-electron chi connectivity index (χ2n) is 5.72. The first kappa shape index (κ1) is 20.0. The highest BCUT2D eigenvalue weighted by Crippen LogP contribution is 2.44. The molecule has 1 saturated heterocycles. The molecule has 1 unspecified atom stereocenters. The lowest BCUT2D eigenvalue weighted by Gasteiger charge is -2.17. The van der Waals surface area contributed by atoms with Crippen LogP contribution in [0, 0.1) is 0 Å². The minimum absolute atomic E-state index is 0.107. The van der Waals surface area contributed by atoms with E-state index in [2.05, 4.69) is 19.5 Å². The quantitative estimate of drug-likeness (QED) is 0.304. The number of rotatable bonds is 8. The third kappa shape index (κ3) is 4.25. The number of imidazole rings is 1. The fraction of sp³-hybridized carbons (Fsp3) is 0.615. The lowest BCUT2D eigenvalue weighted by molar-refractivity contribution is -0.0517. The summed E-state index contributed by atoms with van der Waals surface area (Å²) in [4.78, 5) is 21.5. The zero-order chi connectivity index (χ0) is 19.6. The summed E-state index contributed by atoms with van der Waals surface area (Å²) in [7, 11) is -2.94. The first-order valence-corrected chi connectivity index (χ1v) is 9.39. The predicted octanol–water partition coefficient (Wildman–Crippen LogP) is -1.19. The Morgan fingerprint density at radius 3 is 2.78 bits per heavy atom. The Kier molecular flexibility index (Phi) is 6.03. The minimum atomic E-state index is -4.36. The second kappa shape index (κ2) is 8.12. The van der Waals surface area contributed by atoms with Crippen molar-refractivity contribution in [1.29, 1.82) is 0 Å². The molecule has 14 heteroatoms. The highest BCUT2D eigenvalue weighted by molar-refractivity contribution is 7.47. The van der Waals surface area contributed by atoms with Gasteiger partial charge in [0.25, 0.3) is 0 Å². The van der Waals surface area contributed by atoms with Crippen molar-refractivity contribution in [2.45, 2.75) is 24.5 Å². The van der Waals surface area contributed by atoms with Crippen molar-refractivity contribution in [3.8, 4) is 0 Å². The molecule has 0 aliphatic carbocycles. The zero-order valence-electron chi connectivity index (χ0n) is 14.3. The van der Waals surface area contributed by atoms with Crippen LogP contribution in [0.3, 0.4) is 0 Å². The number of hydrogen-bond donors (Lipinski definition) is 4. The van der Waals surface area contributed by atoms with Crippen molar-refractivity contribution in [1.82, 2.24) is 19.5 Å². The van der Waals surface area contributed by atoms with E-state index in [1.165, 1.54) is 24.3 Å². The Bertz CT molecular complexity index is 834. The average molecular weight is 405 g/mol. The molecule has 27 heavy (non-hydrogen) atoms. The normalized spacial score (nSPS) is 27.9. The van der Waals surface area contributed by atoms with E-state index in [0.717, 1.165) is 0 Å². The third-order valence-electron chi connectivity index (χ3n) is 3.94. The van der Waals surface area contributed by atoms with Crippen LogP contribution in [-0.4, -0.2) is 79.9 Å². The molecule has 0 radical (unpaired) electrons. The number of aliphatic hydroxyl groups excluding tert-OH is 2. The predicted molar refractivity (Wildman–Crippen MR) is 89.3 cm³/mol. The maximum Gasteiger partial charge on any atom is 0.472 e. The van der Waals surface area contributed by atoms with Gasteiger partial charge in [0, 0.05) is 7.11 Å². The van der Waals surface area contributed by atoms with Gasteiger partial charge in [-0.1, -0.05) is 0 Å². The van der Waals surface area contributed by atoms with Gasteiger partial charge in [-0.05, 0) is 0 Å². The maximum absolute atomic E-state index is 11.8. The van der Waals surface area contributed by atoms with Gasteiger partial charge in [0.1, 0.15) is 30.2 Å². The largest absolute Gasteiger partial charge is 0.472 e. The average Bonchev–Trinajstić information content (AvgIpc) is 3.17. The maximum atomic E-state index is 11.8. The van der Waals surface area contributed by atoms with Crippen LogP contribution in [0.25, 0.3) is 11.2 Å². The lowest BCUT2D eigenvalue weighted by atomic mass is 10.1. The van der Waals surface area contributed by atoms with E-state index in [9.17, 15) is 19.7 Å². The Hall–Kier alpha value is -1.70. The van der Waals surface area contributed by atoms with E-state index in [4.69, 9.17) is 19.7 Å². The lowest BCUT2D eigenvalue weighted by Crippen LogP contribution is -2.33. The van der Waals surface area contributed by atoms with Gasteiger partial charge in [-0.25, -0.2) is 19.5 Å². The number of ether oxygens (including phenoxy) is 2. The molecule has 5 N–H and O–H groups in total. The van der Waals surface area contributed by atoms with Gasteiger partial charge in [-0.15, -0.1) is 0 Å². The van der Waals surface area contributed by atoms with E-state index in [-0.39, 0.29) is 19.0 Å². The third-order valence-corrected chi connectivity index (χ3v) is 4.93. The topological polar surface area (TPSA) is 184 Å². The smallest absolute Gasteiger partial charge is 0.387 e. The van der Waals surface area contributed by atoms with Crippen LogP contribution in [0.4, 0.5) is 5.82 Å². The van der Waals surface area contributed by atoms with Crippen molar-refractivity contribution in [3.63, 3.8) is 0 Å². The molecule has 3 rings (SSSR count). The number of nitrogen functional groups attached to an aromatic ring is 1. The van der Waals surface area contributed by atoms with Crippen LogP contribution >= 0.6 is 7.82 Å². The molecule has 1 fully saturated rings. The van der Waals surface area contributed by atoms with Gasteiger partial charge < -0.3 is 30.3 Å². The van der Waals surface area contributed by atoms with E-state index in [1.807, 2.05) is 0 Å². The number of phosphoric acid groups is 1. The Labute approximate surface area is 153 Å². The molecular weight excluding hydrogens is 385 g/mol. The molecule has 0 saturated carbocycles. The molecule has 0 amide bonds. The van der Waals surface area contributed by atoms with Crippen LogP contribution in [0.2, 0.25) is 0 Å². The molecule has 3 heterocycles. The summed E-state index contributed by atoms with van der Waals surface area (Å²) in [5.41, 5.74) is 6.34. The fourth-order valence-electron chi connectivity index (χ4n) is 2.59. The SMILES string of the molecule is COCCOP(=O)(O)OC[C@H]1O[C@@H](n2cnc3c(N)ncnc32)[C@H](O)[C@@H]1O. The molecular formula is C13H20N5O8P. The van der Waals surface area contributed by atoms with Crippen LogP contribution in [0.1, 0.15) is 6.23 Å². The van der Waals surface area contributed by atoms with Crippen LogP contribution in [-0.2, 0) is 23.1 Å². The van der Waals surface area contributed by atoms with Crippen molar-refractivity contribution in [3.05, 3.63) is 12.7 Å². The number of anilines is 1. The number of nitrogens with zero attached hydrogens (tertiary/aromatic N) is 4. The molecule has 2 aromatic heterocycles. The number of aliphatic hydroxyl groups is 2. The molecule has 150 valence electrons. The van der Waals surface area contributed by atoms with E-state index < -0.39 is 39.0 Å². The van der Waals surface area contributed by atoms with Crippen molar-refractivity contribution < 1.29 is 38.2 Å². The Morgan fingerprint density at radius 2 is 2.04 bits per heavy atom. The molecule has 1 aliphatic rings. The van der Waals surface area contributed by atoms with E-state index in [1.54, 1.807) is 0 Å². The van der Waals surface area contributed by atoms with Crippen LogP contribution in [0.5, 0.6) is 0 Å². The summed E-state index contributed by atoms with van der Waals surface area (Å²) in [6.45, 7) is -0.527. The number of methoxy groups -OCH3 is 1. The van der Waals surface area contributed by atoms with Crippen LogP contribution < -0.4 is 5.73 Å². The first-order chi connectivity index (χ1) is 12.8. The molecule has 1 aliphatic heterocycles. The number of phosphoric ester groups is 1. The van der Waals surface area contributed by atoms with E-state index >= 15 is 0 Å². The Balaban J connectivity index is 1.68. The van der Waals surface area contributed by atoms with Crippen LogP contribution in [0.15, 0.2) is 12.7 Å². The number of hydrogen-bond acceptors (Lipinski definition) is 11. The van der Waals surface area contributed by atoms with Crippen molar-refractivity contribution in [2.75, 3.05) is 32.7 Å². The first-order valence-electron chi connectivity index (χ1n) is 7.89. The molecule has 5 atom stereocenters. The molecule has 0 bridgehead atoms. The van der Waals surface area contributed by atoms with Gasteiger partial charge >= 0.3 is 7.82 Å². The molecule has 2 aromatic rings. The monoisotopic (exact) mass is 405 g/mol. The van der Waals surface area contributed by atoms with Gasteiger partial charge in [-0.3, -0.25) is 13.6 Å². The van der Waals surface area contributed by atoms with Gasteiger partial charge in [0.15, 0.2) is 17.7 Å². The summed E-state index contributed by atoms with van der Waals surface area (Å²) in [5, 5.41) is 20.5. The number of fused-ring (bicyclic) bond motifs is 1. The number of aromatic nitrogens is 4. The second-order valence-corrected chi connectivity index (χ2v) is 7.17. The standard InChI is InChI=1S/C13H20N5O8P/c1-23-2-3-24-27(21,22)25-4-7-9(19)10(20)13(26-7)18-6-17-8-11(14)15-5-16-12(8)18/h5-7,9-10,13,19-20H,2-4H2,1H3,(H,21,22)(H2,14,15,16)/t7-,9-,10-,13-/m1/s1. The van der Waals surface area contributed by atoms with Gasteiger partial charge in [0.05, 0.1) is 26.1 Å². The summed E-state index contributed by atoms with van der Waals surface area (Å²) in [6, 6.07) is 0. The zero-order valence-corrected chi connectivity index (χ0v) is 15.2. The molecule has 0 spiro atoms. The van der Waals surface area contributed by atoms with Crippen molar-refractivity contribution >= 4 is 24.8 Å². The Morgan fingerprint density at radius 1 is 1.26 bits per heavy atom. The summed E-state index contributed by atoms with van der Waals surface area (Å²) in [6.07, 6.45) is -2.32. The fourth-order valence-corrected chi connectivity index (χ4v) is 3.31. The van der Waals surface area contributed by atoms with E-state index in [0.29, 0.717) is 11.2 Å². The highest BCUT2D eigenvalue weighted by Gasteiger charge is 2.45. The minimum Gasteiger partial charge on any atom is -0.387 e. The summed E-state index contributed by atoms with van der Waals surface area (Å²) < 4.78 is 32.9.